The summed E-state index contributed by atoms with van der Waals surface area (Å²) in [6.07, 6.45) is 0. The minimum atomic E-state index is -0.950. The fourth-order valence-electron chi connectivity index (χ4n) is 2.05. The van der Waals surface area contributed by atoms with Crippen molar-refractivity contribution >= 4 is 28.3 Å². The number of para-hydroxylation sites is 1. The molecule has 3 rings (SSSR count). The van der Waals surface area contributed by atoms with Crippen LogP contribution in [0.15, 0.2) is 64.1 Å². The molecule has 0 saturated carbocycles. The van der Waals surface area contributed by atoms with Gasteiger partial charge in [0.2, 0.25) is 0 Å². The standard InChI is InChI=1S/C17H14N2O3/c1-11(16-10-13-4-2-3-5-15(13)22-16)18-19-14-8-6-12(7-9-14)17(20)21/h2-10,19H,1H3,(H,20,21)/b18-11-. The number of nitrogens with one attached hydrogen (secondary N) is 1. The number of anilines is 1. The molecule has 2 aromatic carbocycles. The van der Waals surface area contributed by atoms with Gasteiger partial charge in [-0.15, -0.1) is 0 Å². The Hall–Kier alpha value is -3.08. The molecule has 0 radical (unpaired) electrons. The second-order valence-corrected chi connectivity index (χ2v) is 4.84. The quantitative estimate of drug-likeness (QED) is 0.564. The van der Waals surface area contributed by atoms with Crippen LogP contribution in [0.5, 0.6) is 0 Å². The van der Waals surface area contributed by atoms with E-state index in [1.807, 2.05) is 37.3 Å². The lowest BCUT2D eigenvalue weighted by molar-refractivity contribution is 0.0697. The number of carbonyl (C=O) groups is 1. The smallest absolute Gasteiger partial charge is 0.335 e. The summed E-state index contributed by atoms with van der Waals surface area (Å²) in [5, 5.41) is 14.1. The van der Waals surface area contributed by atoms with Gasteiger partial charge in [0.1, 0.15) is 11.3 Å². The molecule has 22 heavy (non-hydrogen) atoms. The zero-order chi connectivity index (χ0) is 15.5. The van der Waals surface area contributed by atoms with E-state index in [1.54, 1.807) is 12.1 Å². The van der Waals surface area contributed by atoms with Crippen LogP contribution >= 0.6 is 0 Å². The molecule has 0 fully saturated rings. The Morgan fingerprint density at radius 3 is 2.55 bits per heavy atom. The van der Waals surface area contributed by atoms with E-state index in [0.29, 0.717) is 17.2 Å². The van der Waals surface area contributed by atoms with Crippen LogP contribution in [0, 0.1) is 0 Å². The Morgan fingerprint density at radius 2 is 1.86 bits per heavy atom. The summed E-state index contributed by atoms with van der Waals surface area (Å²) in [6, 6.07) is 16.1. The van der Waals surface area contributed by atoms with Crippen molar-refractivity contribution in [3.8, 4) is 0 Å². The number of hydrogen-bond acceptors (Lipinski definition) is 4. The van der Waals surface area contributed by atoms with E-state index in [4.69, 9.17) is 9.52 Å². The number of aromatic carboxylic acids is 1. The lowest BCUT2D eigenvalue weighted by Gasteiger charge is -2.02. The van der Waals surface area contributed by atoms with Gasteiger partial charge in [-0.1, -0.05) is 18.2 Å². The van der Waals surface area contributed by atoms with Gasteiger partial charge in [0, 0.05) is 5.39 Å². The summed E-state index contributed by atoms with van der Waals surface area (Å²) in [6.45, 7) is 1.84. The Bertz CT molecular complexity index is 815. The minimum Gasteiger partial charge on any atom is -0.478 e. The van der Waals surface area contributed by atoms with Gasteiger partial charge in [-0.3, -0.25) is 5.43 Å². The first-order chi connectivity index (χ1) is 10.6. The lowest BCUT2D eigenvalue weighted by Crippen LogP contribution is -1.99. The molecular weight excluding hydrogens is 280 g/mol. The highest BCUT2D eigenvalue weighted by atomic mass is 16.4. The largest absolute Gasteiger partial charge is 0.478 e. The molecule has 5 heteroatoms. The fraction of sp³-hybridized carbons (Fsp3) is 0.0588. The molecule has 0 aliphatic carbocycles. The number of hydrazone groups is 1. The number of carboxylic acid groups (broad SMARTS) is 1. The summed E-state index contributed by atoms with van der Waals surface area (Å²) in [5.74, 6) is -0.260. The van der Waals surface area contributed by atoms with Crippen LogP contribution < -0.4 is 5.43 Å². The van der Waals surface area contributed by atoms with Crippen molar-refractivity contribution in [2.45, 2.75) is 6.92 Å². The third-order valence-electron chi connectivity index (χ3n) is 3.27. The number of hydrogen-bond donors (Lipinski definition) is 2. The van der Waals surface area contributed by atoms with Crippen LogP contribution in [0.3, 0.4) is 0 Å². The third kappa shape index (κ3) is 2.83. The number of benzene rings is 2. The molecule has 2 N–H and O–H groups in total. The van der Waals surface area contributed by atoms with E-state index >= 15 is 0 Å². The average molecular weight is 294 g/mol. The number of fused-ring (bicyclic) bond motifs is 1. The van der Waals surface area contributed by atoms with Crippen molar-refractivity contribution in [2.24, 2.45) is 5.10 Å². The summed E-state index contributed by atoms with van der Waals surface area (Å²) >= 11 is 0. The van der Waals surface area contributed by atoms with Crippen LogP contribution in [0.2, 0.25) is 0 Å². The van der Waals surface area contributed by atoms with Crippen molar-refractivity contribution in [2.75, 3.05) is 5.43 Å². The van der Waals surface area contributed by atoms with Gasteiger partial charge in [0.25, 0.3) is 0 Å². The van der Waals surface area contributed by atoms with Crippen molar-refractivity contribution in [1.82, 2.24) is 0 Å². The summed E-state index contributed by atoms with van der Waals surface area (Å²) < 4.78 is 5.72. The first-order valence-corrected chi connectivity index (χ1v) is 6.76. The molecule has 3 aromatic rings. The predicted molar refractivity (Wildman–Crippen MR) is 85.4 cm³/mol. The van der Waals surface area contributed by atoms with Crippen molar-refractivity contribution in [3.63, 3.8) is 0 Å². The summed E-state index contributed by atoms with van der Waals surface area (Å²) in [5.41, 5.74) is 5.36. The van der Waals surface area contributed by atoms with E-state index < -0.39 is 5.97 Å². The number of nitrogens with zero attached hydrogens (tertiary/aromatic N) is 1. The average Bonchev–Trinajstić information content (AvgIpc) is 2.97. The van der Waals surface area contributed by atoms with Crippen molar-refractivity contribution < 1.29 is 14.3 Å². The first kappa shape index (κ1) is 13.9. The van der Waals surface area contributed by atoms with E-state index in [9.17, 15) is 4.79 Å². The molecule has 0 atom stereocenters. The monoisotopic (exact) mass is 294 g/mol. The van der Waals surface area contributed by atoms with Gasteiger partial charge in [-0.2, -0.15) is 5.10 Å². The molecule has 0 amide bonds. The van der Waals surface area contributed by atoms with Crippen molar-refractivity contribution in [1.29, 1.82) is 0 Å². The maximum Gasteiger partial charge on any atom is 0.335 e. The number of furan rings is 1. The van der Waals surface area contributed by atoms with Crippen LogP contribution in [0.25, 0.3) is 11.0 Å². The zero-order valence-corrected chi connectivity index (χ0v) is 11.9. The van der Waals surface area contributed by atoms with Crippen LogP contribution in [-0.4, -0.2) is 16.8 Å². The van der Waals surface area contributed by atoms with E-state index in [0.717, 1.165) is 11.0 Å². The molecule has 0 unspecified atom stereocenters. The second-order valence-electron chi connectivity index (χ2n) is 4.84. The molecule has 1 aromatic heterocycles. The maximum atomic E-state index is 10.8. The molecule has 5 nitrogen and oxygen atoms in total. The Labute approximate surface area is 126 Å². The van der Waals surface area contributed by atoms with Gasteiger partial charge in [0.05, 0.1) is 11.3 Å². The molecule has 110 valence electrons. The Balaban J connectivity index is 1.77. The van der Waals surface area contributed by atoms with E-state index in [-0.39, 0.29) is 5.56 Å². The van der Waals surface area contributed by atoms with Gasteiger partial charge in [-0.25, -0.2) is 4.79 Å². The van der Waals surface area contributed by atoms with Crippen molar-refractivity contribution in [3.05, 3.63) is 65.9 Å². The highest BCUT2D eigenvalue weighted by Gasteiger charge is 2.06. The topological polar surface area (TPSA) is 74.8 Å². The molecule has 1 heterocycles. The van der Waals surface area contributed by atoms with Gasteiger partial charge >= 0.3 is 5.97 Å². The van der Waals surface area contributed by atoms with Crippen LogP contribution in [0.4, 0.5) is 5.69 Å². The summed E-state index contributed by atoms with van der Waals surface area (Å²) in [7, 11) is 0. The van der Waals surface area contributed by atoms with Crippen LogP contribution in [-0.2, 0) is 0 Å². The fourth-order valence-corrected chi connectivity index (χ4v) is 2.05. The number of rotatable bonds is 4. The third-order valence-corrected chi connectivity index (χ3v) is 3.27. The highest BCUT2D eigenvalue weighted by molar-refractivity contribution is 6.00. The second kappa shape index (κ2) is 5.73. The first-order valence-electron chi connectivity index (χ1n) is 6.76. The highest BCUT2D eigenvalue weighted by Crippen LogP contribution is 2.19. The Morgan fingerprint density at radius 1 is 1.14 bits per heavy atom. The molecule has 0 aliphatic rings. The lowest BCUT2D eigenvalue weighted by atomic mass is 10.2. The Kier molecular flexibility index (Phi) is 3.62. The molecule has 0 aliphatic heterocycles. The summed E-state index contributed by atoms with van der Waals surface area (Å²) in [4.78, 5) is 10.8. The van der Waals surface area contributed by atoms with Gasteiger partial charge < -0.3 is 9.52 Å². The normalized spacial score (nSPS) is 11.6. The molecular formula is C17H14N2O3. The van der Waals surface area contributed by atoms with Gasteiger partial charge in [-0.05, 0) is 43.3 Å². The number of carboxylic acids is 1. The molecule has 0 bridgehead atoms. The zero-order valence-electron chi connectivity index (χ0n) is 11.9. The maximum absolute atomic E-state index is 10.8. The molecule has 0 spiro atoms. The molecule has 0 saturated heterocycles. The van der Waals surface area contributed by atoms with Crippen LogP contribution in [0.1, 0.15) is 23.0 Å². The predicted octanol–water partition coefficient (Wildman–Crippen LogP) is 3.97. The van der Waals surface area contributed by atoms with Gasteiger partial charge in [0.15, 0.2) is 5.76 Å². The minimum absolute atomic E-state index is 0.239. The SMILES string of the molecule is C/C(=N/Nc1ccc(C(=O)O)cc1)c1cc2ccccc2o1. The van der Waals surface area contributed by atoms with E-state index in [1.165, 1.54) is 12.1 Å². The van der Waals surface area contributed by atoms with E-state index in [2.05, 4.69) is 10.5 Å².